The van der Waals surface area contributed by atoms with Gasteiger partial charge < -0.3 is 21.1 Å². The number of carbonyl (C=O) groups excluding carboxylic acids is 2. The van der Waals surface area contributed by atoms with Gasteiger partial charge in [0.05, 0.1) is 6.61 Å². The molecule has 33 heavy (non-hydrogen) atoms. The minimum Gasteiger partial charge on any atom is -0.494 e. The smallest absolute Gasteiger partial charge is 0.251 e. The van der Waals surface area contributed by atoms with Crippen LogP contribution < -0.4 is 21.1 Å². The molecule has 1 saturated carbocycles. The molecule has 1 aliphatic rings. The second kappa shape index (κ2) is 10.8. The largest absolute Gasteiger partial charge is 0.494 e. The Kier molecular flexibility index (Phi) is 7.37. The van der Waals surface area contributed by atoms with Gasteiger partial charge in [-0.2, -0.15) is 0 Å². The van der Waals surface area contributed by atoms with Crippen LogP contribution in [0.1, 0.15) is 40.2 Å². The molecular weight excluding hydrogens is 414 g/mol. The summed E-state index contributed by atoms with van der Waals surface area (Å²) in [5.74, 6) is 0.640. The lowest BCUT2D eigenvalue weighted by Gasteiger charge is -2.19. The molecule has 0 aromatic heterocycles. The van der Waals surface area contributed by atoms with Crippen LogP contribution in [-0.2, 0) is 11.3 Å². The quantitative estimate of drug-likeness (QED) is 0.448. The Hall–Kier alpha value is -3.64. The van der Waals surface area contributed by atoms with Crippen LogP contribution in [0.2, 0.25) is 0 Å². The minimum atomic E-state index is -0.717. The zero-order chi connectivity index (χ0) is 23.0. The Morgan fingerprint density at radius 2 is 1.58 bits per heavy atom. The average Bonchev–Trinajstić information content (AvgIpc) is 3.59. The highest BCUT2D eigenvalue weighted by Crippen LogP contribution is 2.39. The lowest BCUT2D eigenvalue weighted by molar-refractivity contribution is -0.123. The van der Waals surface area contributed by atoms with Crippen LogP contribution >= 0.6 is 0 Å². The van der Waals surface area contributed by atoms with E-state index in [1.807, 2.05) is 60.7 Å². The zero-order valence-electron chi connectivity index (χ0n) is 18.4. The molecule has 0 spiro atoms. The SMILES string of the molecule is N[C@H]1C[C@H]1c1ccc(OCC[C@H](NC(=O)c2ccccc2)C(=O)NCc2ccccc2)cc1. The Morgan fingerprint density at radius 1 is 0.939 bits per heavy atom. The fraction of sp³-hybridized carbons (Fsp3) is 0.259. The van der Waals surface area contributed by atoms with Gasteiger partial charge in [-0.1, -0.05) is 60.7 Å². The van der Waals surface area contributed by atoms with E-state index in [1.165, 1.54) is 5.56 Å². The van der Waals surface area contributed by atoms with Crippen molar-refractivity contribution in [2.45, 2.75) is 37.4 Å². The standard InChI is InChI=1S/C27H29N3O3/c28-24-17-23(24)20-11-13-22(14-12-20)33-16-15-25(30-26(31)21-9-5-2-6-10-21)27(32)29-18-19-7-3-1-4-8-19/h1-14,23-25H,15-18,28H2,(H,29,32)(H,30,31)/t23-,24-,25-/m0/s1. The van der Waals surface area contributed by atoms with Gasteiger partial charge in [-0.05, 0) is 41.8 Å². The van der Waals surface area contributed by atoms with E-state index >= 15 is 0 Å². The molecule has 4 rings (SSSR count). The first-order valence-electron chi connectivity index (χ1n) is 11.3. The van der Waals surface area contributed by atoms with E-state index < -0.39 is 6.04 Å². The molecule has 170 valence electrons. The van der Waals surface area contributed by atoms with E-state index in [9.17, 15) is 9.59 Å². The van der Waals surface area contributed by atoms with Crippen molar-refractivity contribution in [1.82, 2.24) is 10.6 Å². The fourth-order valence-corrected chi connectivity index (χ4v) is 3.71. The number of amides is 2. The molecule has 2 amide bonds. The summed E-state index contributed by atoms with van der Waals surface area (Å²) >= 11 is 0. The van der Waals surface area contributed by atoms with E-state index in [1.54, 1.807) is 24.3 Å². The van der Waals surface area contributed by atoms with Crippen LogP contribution in [0.5, 0.6) is 5.75 Å². The molecule has 3 aromatic rings. The third-order valence-electron chi connectivity index (χ3n) is 5.79. The van der Waals surface area contributed by atoms with Gasteiger partial charge in [0.2, 0.25) is 5.91 Å². The number of nitrogens with one attached hydrogen (secondary N) is 2. The molecular formula is C27H29N3O3. The molecule has 6 nitrogen and oxygen atoms in total. The molecule has 0 radical (unpaired) electrons. The van der Waals surface area contributed by atoms with Crippen LogP contribution in [0.3, 0.4) is 0 Å². The van der Waals surface area contributed by atoms with Crippen LogP contribution in [0, 0.1) is 0 Å². The van der Waals surface area contributed by atoms with Crippen molar-refractivity contribution in [3.8, 4) is 5.75 Å². The summed E-state index contributed by atoms with van der Waals surface area (Å²) in [7, 11) is 0. The molecule has 0 aliphatic heterocycles. The Labute approximate surface area is 194 Å². The Bertz CT molecular complexity index is 1050. The van der Waals surface area contributed by atoms with E-state index in [0.717, 1.165) is 17.7 Å². The van der Waals surface area contributed by atoms with Crippen LogP contribution in [0.4, 0.5) is 0 Å². The normalized spacial score (nSPS) is 17.6. The van der Waals surface area contributed by atoms with Gasteiger partial charge in [0.25, 0.3) is 5.91 Å². The lowest BCUT2D eigenvalue weighted by Crippen LogP contribution is -2.47. The highest BCUT2D eigenvalue weighted by atomic mass is 16.5. The van der Waals surface area contributed by atoms with Crippen LogP contribution in [0.15, 0.2) is 84.9 Å². The number of nitrogens with two attached hydrogens (primary N) is 1. The summed E-state index contributed by atoms with van der Waals surface area (Å²) in [6.07, 6.45) is 1.37. The second-order valence-electron chi connectivity index (χ2n) is 8.31. The molecule has 0 unspecified atom stereocenters. The first kappa shape index (κ1) is 22.6. The fourth-order valence-electron chi connectivity index (χ4n) is 3.71. The predicted molar refractivity (Wildman–Crippen MR) is 128 cm³/mol. The number of hydrogen-bond acceptors (Lipinski definition) is 4. The van der Waals surface area contributed by atoms with Crippen molar-refractivity contribution in [3.05, 3.63) is 102 Å². The predicted octanol–water partition coefficient (Wildman–Crippen LogP) is 3.39. The molecule has 1 fully saturated rings. The monoisotopic (exact) mass is 443 g/mol. The van der Waals surface area contributed by atoms with Gasteiger partial charge >= 0.3 is 0 Å². The molecule has 3 atom stereocenters. The number of benzene rings is 3. The average molecular weight is 444 g/mol. The summed E-state index contributed by atoms with van der Waals surface area (Å²) in [6.45, 7) is 0.684. The topological polar surface area (TPSA) is 93.4 Å². The van der Waals surface area contributed by atoms with Crippen molar-refractivity contribution in [3.63, 3.8) is 0 Å². The van der Waals surface area contributed by atoms with E-state index in [2.05, 4.69) is 10.6 Å². The summed E-state index contributed by atoms with van der Waals surface area (Å²) < 4.78 is 5.86. The summed E-state index contributed by atoms with van der Waals surface area (Å²) in [4.78, 5) is 25.5. The van der Waals surface area contributed by atoms with Crippen molar-refractivity contribution < 1.29 is 14.3 Å². The molecule has 0 saturated heterocycles. The number of ether oxygens (including phenoxy) is 1. The molecule has 4 N–H and O–H groups in total. The molecule has 6 heteroatoms. The summed E-state index contributed by atoms with van der Waals surface area (Å²) in [6, 6.07) is 26.0. The third kappa shape index (κ3) is 6.43. The molecule has 1 aliphatic carbocycles. The lowest BCUT2D eigenvalue weighted by atomic mass is 10.1. The summed E-state index contributed by atoms with van der Waals surface area (Å²) in [5, 5.41) is 5.76. The van der Waals surface area contributed by atoms with Gasteiger partial charge in [0.1, 0.15) is 11.8 Å². The molecule has 0 bridgehead atoms. The van der Waals surface area contributed by atoms with Crippen molar-refractivity contribution >= 4 is 11.8 Å². The molecule has 0 heterocycles. The van der Waals surface area contributed by atoms with Gasteiger partial charge in [-0.25, -0.2) is 0 Å². The number of carbonyl (C=O) groups is 2. The summed E-state index contributed by atoms with van der Waals surface area (Å²) in [5.41, 5.74) is 8.64. The van der Waals surface area contributed by atoms with Gasteiger partial charge in [-0.15, -0.1) is 0 Å². The highest BCUT2D eigenvalue weighted by molar-refractivity contribution is 5.97. The third-order valence-corrected chi connectivity index (χ3v) is 5.79. The van der Waals surface area contributed by atoms with E-state index in [0.29, 0.717) is 31.1 Å². The first-order chi connectivity index (χ1) is 16.1. The highest BCUT2D eigenvalue weighted by Gasteiger charge is 2.34. The first-order valence-corrected chi connectivity index (χ1v) is 11.3. The van der Waals surface area contributed by atoms with Crippen molar-refractivity contribution in [1.29, 1.82) is 0 Å². The maximum Gasteiger partial charge on any atom is 0.251 e. The van der Waals surface area contributed by atoms with Gasteiger partial charge in [0, 0.05) is 30.5 Å². The minimum absolute atomic E-state index is 0.246. The Balaban J connectivity index is 1.34. The number of hydrogen-bond donors (Lipinski definition) is 3. The maximum absolute atomic E-state index is 12.9. The van der Waals surface area contributed by atoms with Crippen LogP contribution in [-0.4, -0.2) is 30.5 Å². The van der Waals surface area contributed by atoms with Gasteiger partial charge in [-0.3, -0.25) is 9.59 Å². The van der Waals surface area contributed by atoms with Crippen LogP contribution in [0.25, 0.3) is 0 Å². The van der Waals surface area contributed by atoms with E-state index in [4.69, 9.17) is 10.5 Å². The van der Waals surface area contributed by atoms with Crippen molar-refractivity contribution in [2.24, 2.45) is 5.73 Å². The number of rotatable bonds is 10. The molecule has 3 aromatic carbocycles. The van der Waals surface area contributed by atoms with E-state index in [-0.39, 0.29) is 17.9 Å². The zero-order valence-corrected chi connectivity index (χ0v) is 18.4. The van der Waals surface area contributed by atoms with Crippen molar-refractivity contribution in [2.75, 3.05) is 6.61 Å². The maximum atomic E-state index is 12.9. The van der Waals surface area contributed by atoms with Gasteiger partial charge in [0.15, 0.2) is 0 Å². The second-order valence-corrected chi connectivity index (χ2v) is 8.31. The Morgan fingerprint density at radius 3 is 2.21 bits per heavy atom.